The number of aromatic nitrogens is 1. The first-order chi connectivity index (χ1) is 12.6. The molecule has 0 bridgehead atoms. The first kappa shape index (κ1) is 18.7. The second kappa shape index (κ2) is 8.56. The largest absolute Gasteiger partial charge is 0.497 e. The van der Waals surface area contributed by atoms with Crippen LogP contribution in [0, 0.1) is 0 Å². The lowest BCUT2D eigenvalue weighted by Gasteiger charge is -2.14. The van der Waals surface area contributed by atoms with Crippen molar-refractivity contribution in [1.29, 1.82) is 0 Å². The molecule has 0 radical (unpaired) electrons. The van der Waals surface area contributed by atoms with Gasteiger partial charge in [-0.15, -0.1) is 0 Å². The normalized spacial score (nSPS) is 15.1. The topological polar surface area (TPSA) is 46.9 Å². The van der Waals surface area contributed by atoms with Crippen LogP contribution in [0.1, 0.15) is 18.4 Å². The van der Waals surface area contributed by atoms with Gasteiger partial charge in [-0.05, 0) is 70.2 Å². The molecule has 6 nitrogen and oxygen atoms in total. The molecule has 0 spiro atoms. The SMILES string of the molecule is COc1ccc2c(c1)c(CCN(C)C)cn2C(=O)OCCN1CCCC1. The van der Waals surface area contributed by atoms with Crippen LogP contribution in [0.3, 0.4) is 0 Å². The average molecular weight is 359 g/mol. The van der Waals surface area contributed by atoms with E-state index in [9.17, 15) is 4.79 Å². The molecule has 6 heteroatoms. The molecular weight excluding hydrogens is 330 g/mol. The summed E-state index contributed by atoms with van der Waals surface area (Å²) in [6.07, 6.45) is 4.95. The van der Waals surface area contributed by atoms with Crippen LogP contribution < -0.4 is 4.74 Å². The summed E-state index contributed by atoms with van der Waals surface area (Å²) in [6.45, 7) is 4.38. The van der Waals surface area contributed by atoms with E-state index in [4.69, 9.17) is 9.47 Å². The van der Waals surface area contributed by atoms with Gasteiger partial charge >= 0.3 is 6.09 Å². The molecule has 2 aromatic rings. The Labute approximate surface area is 155 Å². The van der Waals surface area contributed by atoms with E-state index < -0.39 is 0 Å². The quantitative estimate of drug-likeness (QED) is 0.761. The van der Waals surface area contributed by atoms with E-state index in [1.165, 1.54) is 12.8 Å². The lowest BCUT2D eigenvalue weighted by Crippen LogP contribution is -2.26. The number of ether oxygens (including phenoxy) is 2. The van der Waals surface area contributed by atoms with Crippen molar-refractivity contribution in [1.82, 2.24) is 14.4 Å². The Morgan fingerprint density at radius 2 is 2.00 bits per heavy atom. The smallest absolute Gasteiger partial charge is 0.418 e. The summed E-state index contributed by atoms with van der Waals surface area (Å²) in [5, 5.41) is 1.04. The van der Waals surface area contributed by atoms with Crippen LogP contribution in [0.4, 0.5) is 4.79 Å². The van der Waals surface area contributed by atoms with Crippen LogP contribution in [0.2, 0.25) is 0 Å². The molecule has 1 fully saturated rings. The van der Waals surface area contributed by atoms with Gasteiger partial charge in [0.2, 0.25) is 0 Å². The van der Waals surface area contributed by atoms with Gasteiger partial charge in [-0.2, -0.15) is 0 Å². The molecule has 0 unspecified atom stereocenters. The Hall–Kier alpha value is -2.05. The van der Waals surface area contributed by atoms with Gasteiger partial charge in [0.15, 0.2) is 0 Å². The number of benzene rings is 1. The number of carbonyl (C=O) groups is 1. The van der Waals surface area contributed by atoms with E-state index in [0.29, 0.717) is 6.61 Å². The maximum atomic E-state index is 12.6. The minimum Gasteiger partial charge on any atom is -0.497 e. The van der Waals surface area contributed by atoms with Gasteiger partial charge in [-0.3, -0.25) is 9.47 Å². The number of fused-ring (bicyclic) bond motifs is 1. The highest BCUT2D eigenvalue weighted by Crippen LogP contribution is 2.27. The van der Waals surface area contributed by atoms with Crippen molar-refractivity contribution < 1.29 is 14.3 Å². The maximum Gasteiger partial charge on any atom is 0.418 e. The van der Waals surface area contributed by atoms with Crippen LogP contribution in [0.25, 0.3) is 10.9 Å². The fourth-order valence-electron chi connectivity index (χ4n) is 3.44. The van der Waals surface area contributed by atoms with Crippen LogP contribution in [0.15, 0.2) is 24.4 Å². The fraction of sp³-hybridized carbons (Fsp3) is 0.550. The molecule has 0 saturated carbocycles. The van der Waals surface area contributed by atoms with Crippen molar-refractivity contribution in [3.63, 3.8) is 0 Å². The monoisotopic (exact) mass is 359 g/mol. The van der Waals surface area contributed by atoms with Crippen LogP contribution in [0.5, 0.6) is 5.75 Å². The van der Waals surface area contributed by atoms with Crippen molar-refractivity contribution >= 4 is 17.0 Å². The number of likely N-dealkylation sites (N-methyl/N-ethyl adjacent to an activating group) is 1. The summed E-state index contributed by atoms with van der Waals surface area (Å²) in [5.74, 6) is 0.795. The number of hydrogen-bond donors (Lipinski definition) is 0. The van der Waals surface area contributed by atoms with Gasteiger partial charge < -0.3 is 14.4 Å². The summed E-state index contributed by atoms with van der Waals surface area (Å²) < 4.78 is 12.5. The summed E-state index contributed by atoms with van der Waals surface area (Å²) in [6, 6.07) is 5.80. The lowest BCUT2D eigenvalue weighted by atomic mass is 10.1. The predicted octanol–water partition coefficient (Wildman–Crippen LogP) is 2.83. The number of likely N-dealkylation sites (tertiary alicyclic amines) is 1. The highest BCUT2D eigenvalue weighted by atomic mass is 16.5. The second-order valence-corrected chi connectivity index (χ2v) is 7.12. The molecule has 1 saturated heterocycles. The maximum absolute atomic E-state index is 12.6. The van der Waals surface area contributed by atoms with E-state index in [-0.39, 0.29) is 6.09 Å². The van der Waals surface area contributed by atoms with Crippen molar-refractivity contribution in [2.45, 2.75) is 19.3 Å². The number of hydrogen-bond acceptors (Lipinski definition) is 5. The van der Waals surface area contributed by atoms with Gasteiger partial charge in [0.05, 0.1) is 12.6 Å². The molecule has 1 aromatic carbocycles. The molecule has 2 heterocycles. The van der Waals surface area contributed by atoms with E-state index in [1.807, 2.05) is 38.5 Å². The Bertz CT molecular complexity index is 748. The van der Waals surface area contributed by atoms with Gasteiger partial charge in [0, 0.05) is 24.7 Å². The first-order valence-corrected chi connectivity index (χ1v) is 9.30. The highest BCUT2D eigenvalue weighted by molar-refractivity contribution is 5.92. The zero-order chi connectivity index (χ0) is 18.5. The summed E-state index contributed by atoms with van der Waals surface area (Å²) in [5.41, 5.74) is 2.00. The number of carbonyl (C=O) groups excluding carboxylic acids is 1. The van der Waals surface area contributed by atoms with E-state index in [2.05, 4.69) is 9.80 Å². The molecule has 0 aliphatic carbocycles. The van der Waals surface area contributed by atoms with Crippen LogP contribution in [-0.2, 0) is 11.2 Å². The van der Waals surface area contributed by atoms with Crippen molar-refractivity contribution in [3.05, 3.63) is 30.0 Å². The Morgan fingerprint density at radius 3 is 2.69 bits per heavy atom. The summed E-state index contributed by atoms with van der Waals surface area (Å²) in [4.78, 5) is 17.1. The average Bonchev–Trinajstić information content (AvgIpc) is 3.27. The fourth-order valence-corrected chi connectivity index (χ4v) is 3.44. The summed E-state index contributed by atoms with van der Waals surface area (Å²) in [7, 11) is 5.75. The molecular formula is C20H29N3O3. The third-order valence-corrected chi connectivity index (χ3v) is 4.95. The van der Waals surface area contributed by atoms with Crippen molar-refractivity contribution in [3.8, 4) is 5.75 Å². The van der Waals surface area contributed by atoms with Gasteiger partial charge in [-0.25, -0.2) is 4.79 Å². The lowest BCUT2D eigenvalue weighted by molar-refractivity contribution is 0.135. The molecule has 26 heavy (non-hydrogen) atoms. The zero-order valence-corrected chi connectivity index (χ0v) is 16.0. The molecule has 0 atom stereocenters. The van der Waals surface area contributed by atoms with Crippen molar-refractivity contribution in [2.24, 2.45) is 0 Å². The Balaban J connectivity index is 1.76. The minimum atomic E-state index is -0.310. The zero-order valence-electron chi connectivity index (χ0n) is 16.0. The van der Waals surface area contributed by atoms with E-state index >= 15 is 0 Å². The van der Waals surface area contributed by atoms with Gasteiger partial charge in [0.25, 0.3) is 0 Å². The van der Waals surface area contributed by atoms with Gasteiger partial charge in [-0.1, -0.05) is 0 Å². The van der Waals surface area contributed by atoms with Crippen LogP contribution >= 0.6 is 0 Å². The molecule has 1 aliphatic rings. The molecule has 3 rings (SSSR count). The van der Waals surface area contributed by atoms with Crippen molar-refractivity contribution in [2.75, 3.05) is 54.0 Å². The summed E-state index contributed by atoms with van der Waals surface area (Å²) >= 11 is 0. The highest BCUT2D eigenvalue weighted by Gasteiger charge is 2.17. The van der Waals surface area contributed by atoms with E-state index in [1.54, 1.807) is 11.7 Å². The third kappa shape index (κ3) is 4.37. The molecule has 1 aromatic heterocycles. The third-order valence-electron chi connectivity index (χ3n) is 4.95. The number of methoxy groups -OCH3 is 1. The number of rotatable bonds is 7. The van der Waals surface area contributed by atoms with E-state index in [0.717, 1.165) is 54.8 Å². The van der Waals surface area contributed by atoms with Crippen LogP contribution in [-0.4, -0.2) is 74.5 Å². The van der Waals surface area contributed by atoms with Gasteiger partial charge in [0.1, 0.15) is 12.4 Å². The Kier molecular flexibility index (Phi) is 6.16. The molecule has 0 amide bonds. The number of nitrogens with zero attached hydrogens (tertiary/aromatic N) is 3. The molecule has 1 aliphatic heterocycles. The first-order valence-electron chi connectivity index (χ1n) is 9.30. The second-order valence-electron chi connectivity index (χ2n) is 7.12. The predicted molar refractivity (Wildman–Crippen MR) is 103 cm³/mol. The molecule has 142 valence electrons. The standard InChI is InChI=1S/C20H29N3O3/c1-21(2)11-8-16-15-23(19-7-6-17(25-3)14-18(16)19)20(24)26-13-12-22-9-4-5-10-22/h6-7,14-15H,4-5,8-13H2,1-3H3. The minimum absolute atomic E-state index is 0.310. The molecule has 0 N–H and O–H groups in total. The Morgan fingerprint density at radius 1 is 1.23 bits per heavy atom.